The van der Waals surface area contributed by atoms with E-state index >= 15 is 0 Å². The molecule has 1 unspecified atom stereocenters. The number of oxazole rings is 1. The van der Waals surface area contributed by atoms with Gasteiger partial charge < -0.3 is 14.5 Å². The third-order valence-electron chi connectivity index (χ3n) is 5.82. The average molecular weight is 458 g/mol. The molecule has 0 aliphatic heterocycles. The van der Waals surface area contributed by atoms with Crippen molar-refractivity contribution in [3.63, 3.8) is 0 Å². The van der Waals surface area contributed by atoms with Gasteiger partial charge in [-0.2, -0.15) is 5.26 Å². The van der Waals surface area contributed by atoms with E-state index < -0.39 is 18.5 Å². The number of hydrogen-bond acceptors (Lipinski definition) is 7. The van der Waals surface area contributed by atoms with Crippen molar-refractivity contribution in [1.29, 1.82) is 5.26 Å². The maximum Gasteiger partial charge on any atom is 0.340 e. The van der Waals surface area contributed by atoms with Gasteiger partial charge >= 0.3 is 5.97 Å². The Morgan fingerprint density at radius 3 is 2.88 bits per heavy atom. The van der Waals surface area contributed by atoms with Crippen LogP contribution in [0.15, 0.2) is 59.3 Å². The van der Waals surface area contributed by atoms with Crippen LogP contribution in [-0.2, 0) is 22.4 Å². The van der Waals surface area contributed by atoms with Gasteiger partial charge in [0.25, 0.3) is 5.91 Å². The van der Waals surface area contributed by atoms with Crippen LogP contribution in [0.3, 0.4) is 0 Å². The van der Waals surface area contributed by atoms with E-state index in [0.29, 0.717) is 27.6 Å². The average Bonchev–Trinajstić information content (AvgIpc) is 3.46. The van der Waals surface area contributed by atoms with Crippen molar-refractivity contribution in [3.05, 3.63) is 82.1 Å². The molecule has 0 spiro atoms. The van der Waals surface area contributed by atoms with Gasteiger partial charge in [0.05, 0.1) is 11.1 Å². The molecule has 2 aromatic carbocycles. The zero-order valence-electron chi connectivity index (χ0n) is 17.5. The standard InChI is InChI=1S/C25H19N3O4S/c26-12-19-17-10-9-16(15-5-2-1-3-6-15)11-21(17)33-24(19)28-22(29)13-31-25(30)18-7-4-8-20-23(18)27-14-32-20/h1-8,14,16H,9-11,13H2,(H,28,29). The topological polar surface area (TPSA) is 105 Å². The summed E-state index contributed by atoms with van der Waals surface area (Å²) < 4.78 is 10.4. The number of hydrogen-bond donors (Lipinski definition) is 1. The third kappa shape index (κ3) is 4.11. The molecule has 1 atom stereocenters. The molecule has 2 aromatic heterocycles. The van der Waals surface area contributed by atoms with Crippen LogP contribution < -0.4 is 5.32 Å². The van der Waals surface area contributed by atoms with E-state index in [1.54, 1.807) is 18.2 Å². The zero-order valence-corrected chi connectivity index (χ0v) is 18.4. The molecule has 4 aromatic rings. The monoisotopic (exact) mass is 457 g/mol. The predicted molar refractivity (Wildman–Crippen MR) is 123 cm³/mol. The molecule has 7 nitrogen and oxygen atoms in total. The fraction of sp³-hybridized carbons (Fsp3) is 0.200. The first kappa shape index (κ1) is 20.9. The summed E-state index contributed by atoms with van der Waals surface area (Å²) in [4.78, 5) is 30.1. The predicted octanol–water partition coefficient (Wildman–Crippen LogP) is 4.83. The summed E-state index contributed by atoms with van der Waals surface area (Å²) >= 11 is 1.43. The normalized spacial score (nSPS) is 14.9. The van der Waals surface area contributed by atoms with Crippen molar-refractivity contribution in [3.8, 4) is 6.07 Å². The van der Waals surface area contributed by atoms with Crippen LogP contribution in [0.25, 0.3) is 11.1 Å². The molecule has 1 amide bonds. The molecule has 0 saturated heterocycles. The number of aromatic nitrogens is 1. The molecule has 1 aliphatic rings. The summed E-state index contributed by atoms with van der Waals surface area (Å²) in [7, 11) is 0. The highest BCUT2D eigenvalue weighted by molar-refractivity contribution is 7.16. The number of nitrogens with zero attached hydrogens (tertiary/aromatic N) is 2. The van der Waals surface area contributed by atoms with Crippen molar-refractivity contribution in [2.75, 3.05) is 11.9 Å². The summed E-state index contributed by atoms with van der Waals surface area (Å²) in [5.74, 6) is -0.764. The molecular weight excluding hydrogens is 438 g/mol. The van der Waals surface area contributed by atoms with E-state index in [4.69, 9.17) is 9.15 Å². The second-order valence-corrected chi connectivity index (χ2v) is 8.90. The third-order valence-corrected chi connectivity index (χ3v) is 6.99. The molecular formula is C25H19N3O4S. The number of esters is 1. The van der Waals surface area contributed by atoms with E-state index in [1.165, 1.54) is 23.3 Å². The molecule has 164 valence electrons. The lowest BCUT2D eigenvalue weighted by atomic mass is 9.83. The molecule has 33 heavy (non-hydrogen) atoms. The van der Waals surface area contributed by atoms with E-state index in [0.717, 1.165) is 29.7 Å². The van der Waals surface area contributed by atoms with Gasteiger partial charge in [0.15, 0.2) is 18.6 Å². The highest BCUT2D eigenvalue weighted by Crippen LogP contribution is 2.42. The van der Waals surface area contributed by atoms with Crippen molar-refractivity contribution in [2.45, 2.75) is 25.2 Å². The molecule has 1 N–H and O–H groups in total. The van der Waals surface area contributed by atoms with Crippen LogP contribution >= 0.6 is 11.3 Å². The number of amides is 1. The second-order valence-electron chi connectivity index (χ2n) is 7.80. The van der Waals surface area contributed by atoms with Gasteiger partial charge in [-0.3, -0.25) is 4.79 Å². The summed E-state index contributed by atoms with van der Waals surface area (Å²) in [5.41, 5.74) is 3.88. The molecule has 1 aliphatic carbocycles. The van der Waals surface area contributed by atoms with Gasteiger partial charge in [-0.05, 0) is 48.4 Å². The number of thiophene rings is 1. The van der Waals surface area contributed by atoms with Gasteiger partial charge in [0.1, 0.15) is 16.6 Å². The first-order valence-corrected chi connectivity index (χ1v) is 11.3. The largest absolute Gasteiger partial charge is 0.452 e. The number of anilines is 1. The van der Waals surface area contributed by atoms with E-state index in [1.807, 2.05) is 18.2 Å². The lowest BCUT2D eigenvalue weighted by Crippen LogP contribution is -2.21. The van der Waals surface area contributed by atoms with Crippen LogP contribution in [0.5, 0.6) is 0 Å². The minimum Gasteiger partial charge on any atom is -0.452 e. The number of para-hydroxylation sites is 1. The van der Waals surface area contributed by atoms with E-state index in [9.17, 15) is 14.9 Å². The molecule has 0 bridgehead atoms. The maximum atomic E-state index is 12.5. The van der Waals surface area contributed by atoms with Crippen LogP contribution in [0.4, 0.5) is 5.00 Å². The number of carbonyl (C=O) groups excluding carboxylic acids is 2. The highest BCUT2D eigenvalue weighted by Gasteiger charge is 2.27. The maximum absolute atomic E-state index is 12.5. The molecule has 0 radical (unpaired) electrons. The Labute approximate surface area is 193 Å². The Balaban J connectivity index is 1.26. The van der Waals surface area contributed by atoms with Crippen molar-refractivity contribution in [1.82, 2.24) is 4.98 Å². The number of rotatable bonds is 5. The first-order valence-electron chi connectivity index (χ1n) is 10.5. The minimum atomic E-state index is -0.665. The fourth-order valence-electron chi connectivity index (χ4n) is 4.22. The van der Waals surface area contributed by atoms with Crippen LogP contribution in [-0.4, -0.2) is 23.5 Å². The second kappa shape index (κ2) is 8.88. The number of nitrogens with one attached hydrogen (secondary N) is 1. The number of carbonyl (C=O) groups is 2. The number of nitriles is 1. The van der Waals surface area contributed by atoms with Crippen LogP contribution in [0.2, 0.25) is 0 Å². The van der Waals surface area contributed by atoms with E-state index in [2.05, 4.69) is 28.5 Å². The highest BCUT2D eigenvalue weighted by atomic mass is 32.1. The smallest absolute Gasteiger partial charge is 0.340 e. The van der Waals surface area contributed by atoms with Gasteiger partial charge in [0, 0.05) is 4.88 Å². The first-order chi connectivity index (χ1) is 16.1. The van der Waals surface area contributed by atoms with Crippen LogP contribution in [0, 0.1) is 11.3 Å². The van der Waals surface area contributed by atoms with Gasteiger partial charge in [-0.15, -0.1) is 11.3 Å². The quantitative estimate of drug-likeness (QED) is 0.431. The van der Waals surface area contributed by atoms with Gasteiger partial charge in [-0.25, -0.2) is 9.78 Å². The Bertz CT molecular complexity index is 1380. The Morgan fingerprint density at radius 2 is 2.06 bits per heavy atom. The Morgan fingerprint density at radius 1 is 1.21 bits per heavy atom. The Hall–Kier alpha value is -3.96. The van der Waals surface area contributed by atoms with Gasteiger partial charge in [0.2, 0.25) is 0 Å². The van der Waals surface area contributed by atoms with E-state index in [-0.39, 0.29) is 5.56 Å². The summed E-state index contributed by atoms with van der Waals surface area (Å²) in [6, 6.07) is 17.5. The molecule has 8 heteroatoms. The molecule has 0 saturated carbocycles. The van der Waals surface area contributed by atoms with Crippen molar-refractivity contribution < 1.29 is 18.7 Å². The summed E-state index contributed by atoms with van der Waals surface area (Å²) in [6.45, 7) is -0.465. The number of benzene rings is 2. The summed E-state index contributed by atoms with van der Waals surface area (Å²) in [6.07, 6.45) is 3.84. The van der Waals surface area contributed by atoms with Gasteiger partial charge in [-0.1, -0.05) is 36.4 Å². The molecule has 5 rings (SSSR count). The fourth-order valence-corrected chi connectivity index (χ4v) is 5.52. The summed E-state index contributed by atoms with van der Waals surface area (Å²) in [5, 5.41) is 13.0. The molecule has 0 fully saturated rings. The zero-order chi connectivity index (χ0) is 22.8. The van der Waals surface area contributed by atoms with Crippen molar-refractivity contribution >= 4 is 39.3 Å². The minimum absolute atomic E-state index is 0.227. The van der Waals surface area contributed by atoms with Crippen LogP contribution in [0.1, 0.15) is 44.3 Å². The lowest BCUT2D eigenvalue weighted by molar-refractivity contribution is -0.119. The SMILES string of the molecule is N#Cc1c(NC(=O)COC(=O)c2cccc3ocnc23)sc2c1CCC(c1ccccc1)C2. The number of fused-ring (bicyclic) bond motifs is 2. The van der Waals surface area contributed by atoms with Crippen molar-refractivity contribution in [2.24, 2.45) is 0 Å². The lowest BCUT2D eigenvalue weighted by Gasteiger charge is -2.22. The molecule has 2 heterocycles. The number of ether oxygens (including phenoxy) is 1. The Kier molecular flexibility index (Phi) is 5.63.